The minimum Gasteiger partial charge on any atom is -0.454 e. The lowest BCUT2D eigenvalue weighted by Crippen LogP contribution is -2.50. The Kier molecular flexibility index (Phi) is 3.55. The van der Waals surface area contributed by atoms with Crippen LogP contribution in [0.1, 0.15) is 29.6 Å². The Bertz CT molecular complexity index is 588. The number of ether oxygens (including phenoxy) is 2. The molecule has 0 radical (unpaired) electrons. The van der Waals surface area contributed by atoms with Crippen molar-refractivity contribution in [2.24, 2.45) is 10.9 Å². The molecule has 112 valence electrons. The lowest BCUT2D eigenvalue weighted by Gasteiger charge is -2.34. The number of carbonyl (C=O) groups is 1. The van der Waals surface area contributed by atoms with Crippen molar-refractivity contribution >= 4 is 11.7 Å². The highest BCUT2D eigenvalue weighted by Gasteiger charge is 2.31. The number of oxime groups is 1. The Morgan fingerprint density at radius 3 is 2.95 bits per heavy atom. The summed E-state index contributed by atoms with van der Waals surface area (Å²) in [6.07, 6.45) is 2.56. The minimum atomic E-state index is -0.360. The quantitative estimate of drug-likeness (QED) is 0.369. The molecule has 1 atom stereocenters. The Balaban J connectivity index is 1.86. The molecule has 1 aromatic rings. The van der Waals surface area contributed by atoms with Gasteiger partial charge in [0, 0.05) is 12.1 Å². The molecule has 0 bridgehead atoms. The van der Waals surface area contributed by atoms with Gasteiger partial charge in [0.2, 0.25) is 6.79 Å². The maximum Gasteiger partial charge on any atom is 0.254 e. The third kappa shape index (κ3) is 2.46. The number of rotatable bonds is 2. The number of carbonyl (C=O) groups excluding carboxylic acids is 1. The first kappa shape index (κ1) is 13.5. The summed E-state index contributed by atoms with van der Waals surface area (Å²) in [5.41, 5.74) is 6.22. The molecule has 2 heterocycles. The third-order valence-electron chi connectivity index (χ3n) is 3.84. The van der Waals surface area contributed by atoms with Crippen molar-refractivity contribution in [1.82, 2.24) is 4.90 Å². The average molecular weight is 291 g/mol. The van der Waals surface area contributed by atoms with Gasteiger partial charge in [-0.05, 0) is 37.5 Å². The van der Waals surface area contributed by atoms with Gasteiger partial charge >= 0.3 is 0 Å². The van der Waals surface area contributed by atoms with Crippen LogP contribution in [0.5, 0.6) is 11.5 Å². The maximum absolute atomic E-state index is 12.7. The van der Waals surface area contributed by atoms with Crippen molar-refractivity contribution in [2.45, 2.75) is 25.3 Å². The highest BCUT2D eigenvalue weighted by molar-refractivity contribution is 5.98. The standard InChI is InChI=1S/C14H17N3O4/c15-13(16-19)10-3-1-2-6-17(10)14(18)9-4-5-11-12(7-9)21-8-20-11/h4-5,7,10,19H,1-3,6,8H2,(H2,15,16). The zero-order chi connectivity index (χ0) is 14.8. The molecule has 1 aromatic carbocycles. The second-order valence-corrected chi connectivity index (χ2v) is 5.10. The molecule has 21 heavy (non-hydrogen) atoms. The van der Waals surface area contributed by atoms with Crippen LogP contribution in [-0.2, 0) is 0 Å². The number of amides is 1. The molecule has 3 rings (SSSR count). The molecular formula is C14H17N3O4. The van der Waals surface area contributed by atoms with Gasteiger partial charge in [-0.25, -0.2) is 0 Å². The van der Waals surface area contributed by atoms with Crippen molar-refractivity contribution in [1.29, 1.82) is 0 Å². The summed E-state index contributed by atoms with van der Waals surface area (Å²) in [4.78, 5) is 14.3. The van der Waals surface area contributed by atoms with Gasteiger partial charge in [-0.3, -0.25) is 4.79 Å². The van der Waals surface area contributed by atoms with Crippen LogP contribution < -0.4 is 15.2 Å². The number of likely N-dealkylation sites (tertiary alicyclic amines) is 1. The summed E-state index contributed by atoms with van der Waals surface area (Å²) in [7, 11) is 0. The molecule has 1 fully saturated rings. The molecule has 7 heteroatoms. The molecule has 1 unspecified atom stereocenters. The largest absolute Gasteiger partial charge is 0.454 e. The molecule has 3 N–H and O–H groups in total. The van der Waals surface area contributed by atoms with Crippen molar-refractivity contribution in [3.63, 3.8) is 0 Å². The van der Waals surface area contributed by atoms with Crippen LogP contribution in [0.2, 0.25) is 0 Å². The number of piperidine rings is 1. The van der Waals surface area contributed by atoms with E-state index in [-0.39, 0.29) is 24.6 Å². The molecule has 0 aromatic heterocycles. The van der Waals surface area contributed by atoms with E-state index in [2.05, 4.69) is 5.16 Å². The molecule has 0 saturated carbocycles. The topological polar surface area (TPSA) is 97.4 Å². The van der Waals surface area contributed by atoms with Crippen LogP contribution in [0.25, 0.3) is 0 Å². The molecular weight excluding hydrogens is 274 g/mol. The van der Waals surface area contributed by atoms with E-state index in [1.54, 1.807) is 23.1 Å². The fourth-order valence-electron chi connectivity index (χ4n) is 2.74. The number of benzene rings is 1. The Labute approximate surface area is 121 Å². The van der Waals surface area contributed by atoms with Crippen LogP contribution in [-0.4, -0.2) is 41.2 Å². The number of hydrogen-bond donors (Lipinski definition) is 2. The first-order valence-electron chi connectivity index (χ1n) is 6.88. The number of amidine groups is 1. The van der Waals surface area contributed by atoms with E-state index in [9.17, 15) is 4.79 Å². The van der Waals surface area contributed by atoms with Gasteiger partial charge in [0.15, 0.2) is 17.3 Å². The van der Waals surface area contributed by atoms with Crippen LogP contribution >= 0.6 is 0 Å². The Hall–Kier alpha value is -2.44. The molecule has 2 aliphatic heterocycles. The van der Waals surface area contributed by atoms with E-state index in [0.29, 0.717) is 30.0 Å². The first-order chi connectivity index (χ1) is 10.2. The summed E-state index contributed by atoms with van der Waals surface area (Å²) in [6, 6.07) is 4.73. The number of nitrogens with zero attached hydrogens (tertiary/aromatic N) is 2. The third-order valence-corrected chi connectivity index (χ3v) is 3.84. The van der Waals surface area contributed by atoms with E-state index >= 15 is 0 Å². The van der Waals surface area contributed by atoms with Gasteiger partial charge in [0.05, 0.1) is 6.04 Å². The zero-order valence-corrected chi connectivity index (χ0v) is 11.5. The van der Waals surface area contributed by atoms with Gasteiger partial charge < -0.3 is 25.3 Å². The average Bonchev–Trinajstić information content (AvgIpc) is 3.01. The van der Waals surface area contributed by atoms with E-state index < -0.39 is 0 Å². The highest BCUT2D eigenvalue weighted by Crippen LogP contribution is 2.33. The summed E-state index contributed by atoms with van der Waals surface area (Å²) in [5, 5.41) is 11.9. The number of hydrogen-bond acceptors (Lipinski definition) is 5. The number of fused-ring (bicyclic) bond motifs is 1. The lowest BCUT2D eigenvalue weighted by molar-refractivity contribution is 0.0676. The van der Waals surface area contributed by atoms with E-state index in [1.807, 2.05) is 0 Å². The zero-order valence-electron chi connectivity index (χ0n) is 11.5. The predicted octanol–water partition coefficient (Wildman–Crippen LogP) is 1.16. The van der Waals surface area contributed by atoms with Gasteiger partial charge in [-0.15, -0.1) is 0 Å². The van der Waals surface area contributed by atoms with Crippen LogP contribution in [0.4, 0.5) is 0 Å². The molecule has 1 saturated heterocycles. The summed E-state index contributed by atoms with van der Waals surface area (Å²) >= 11 is 0. The fourth-order valence-corrected chi connectivity index (χ4v) is 2.74. The van der Waals surface area contributed by atoms with Crippen molar-refractivity contribution < 1.29 is 19.5 Å². The predicted molar refractivity (Wildman–Crippen MR) is 74.6 cm³/mol. The SMILES string of the molecule is NC(=NO)C1CCCCN1C(=O)c1ccc2c(c1)OCO2. The van der Waals surface area contributed by atoms with Crippen LogP contribution in [0.15, 0.2) is 23.4 Å². The maximum atomic E-state index is 12.7. The molecule has 1 amide bonds. The van der Waals surface area contributed by atoms with Crippen molar-refractivity contribution in [2.75, 3.05) is 13.3 Å². The monoisotopic (exact) mass is 291 g/mol. The second-order valence-electron chi connectivity index (χ2n) is 5.10. The Morgan fingerprint density at radius 1 is 1.33 bits per heavy atom. The van der Waals surface area contributed by atoms with E-state index in [0.717, 1.165) is 12.8 Å². The number of nitrogens with two attached hydrogens (primary N) is 1. The highest BCUT2D eigenvalue weighted by atomic mass is 16.7. The molecule has 2 aliphatic rings. The fraction of sp³-hybridized carbons (Fsp3) is 0.429. The normalized spacial score (nSPS) is 21.4. The van der Waals surface area contributed by atoms with Crippen LogP contribution in [0, 0.1) is 0 Å². The van der Waals surface area contributed by atoms with Gasteiger partial charge in [-0.1, -0.05) is 5.16 Å². The van der Waals surface area contributed by atoms with Gasteiger partial charge in [0.1, 0.15) is 0 Å². The van der Waals surface area contributed by atoms with Crippen molar-refractivity contribution in [3.05, 3.63) is 23.8 Å². The summed E-state index contributed by atoms with van der Waals surface area (Å²) < 4.78 is 10.5. The van der Waals surface area contributed by atoms with Crippen LogP contribution in [0.3, 0.4) is 0 Å². The van der Waals surface area contributed by atoms with E-state index in [1.165, 1.54) is 0 Å². The Morgan fingerprint density at radius 2 is 2.14 bits per heavy atom. The molecule has 0 spiro atoms. The van der Waals surface area contributed by atoms with Gasteiger partial charge in [-0.2, -0.15) is 0 Å². The minimum absolute atomic E-state index is 0.0730. The smallest absolute Gasteiger partial charge is 0.254 e. The summed E-state index contributed by atoms with van der Waals surface area (Å²) in [5.74, 6) is 1.13. The lowest BCUT2D eigenvalue weighted by atomic mass is 10.00. The molecule has 7 nitrogen and oxygen atoms in total. The molecule has 0 aliphatic carbocycles. The van der Waals surface area contributed by atoms with Gasteiger partial charge in [0.25, 0.3) is 5.91 Å². The second kappa shape index (κ2) is 5.51. The summed E-state index contributed by atoms with van der Waals surface area (Å²) in [6.45, 7) is 0.762. The van der Waals surface area contributed by atoms with Crippen molar-refractivity contribution in [3.8, 4) is 11.5 Å². The van der Waals surface area contributed by atoms with E-state index in [4.69, 9.17) is 20.4 Å². The first-order valence-corrected chi connectivity index (χ1v) is 6.88.